The van der Waals surface area contributed by atoms with Crippen molar-refractivity contribution in [2.24, 2.45) is 29.0 Å². The number of hydrogen-bond acceptors (Lipinski definition) is 9. The molecule has 294 valence electrons. The number of fused-ring (bicyclic) bond motifs is 1. The van der Waals surface area contributed by atoms with E-state index in [2.05, 4.69) is 25.6 Å². The summed E-state index contributed by atoms with van der Waals surface area (Å²) >= 11 is 0. The fourth-order valence-electron chi connectivity index (χ4n) is 6.36. The van der Waals surface area contributed by atoms with Crippen LogP contribution in [0.3, 0.4) is 0 Å². The van der Waals surface area contributed by atoms with Crippen molar-refractivity contribution in [3.63, 3.8) is 0 Å². The number of H-pyrrole nitrogens is 2. The fourth-order valence-corrected chi connectivity index (χ4v) is 6.36. The summed E-state index contributed by atoms with van der Waals surface area (Å²) in [6.45, 7) is 3.13. The summed E-state index contributed by atoms with van der Waals surface area (Å²) in [6.07, 6.45) is 6.74. The highest BCUT2D eigenvalue weighted by molar-refractivity contribution is 5.96. The number of nitrogens with zero attached hydrogens (tertiary/aromatic N) is 2. The Bertz CT molecular complexity index is 1890. The zero-order chi connectivity index (χ0) is 39.9. The van der Waals surface area contributed by atoms with Crippen molar-refractivity contribution >= 4 is 46.1 Å². The number of benzene rings is 2. The molecule has 15 nitrogen and oxygen atoms in total. The number of aromatic amines is 2. The number of rotatable bonds is 23. The number of Topliss-reactive ketones (excluding diaryl/α,β-unsaturated/α-hetero) is 3. The van der Waals surface area contributed by atoms with Gasteiger partial charge in [-0.15, -0.1) is 0 Å². The van der Waals surface area contributed by atoms with Gasteiger partial charge in [0.15, 0.2) is 17.3 Å². The van der Waals surface area contributed by atoms with Crippen molar-refractivity contribution in [3.8, 4) is 0 Å². The number of ketones is 3. The van der Waals surface area contributed by atoms with Crippen LogP contribution in [0.4, 0.5) is 4.79 Å². The first-order chi connectivity index (χ1) is 26.4. The Labute approximate surface area is 320 Å². The minimum absolute atomic E-state index is 0.0366. The number of carbonyl (C=O) groups is 6. The van der Waals surface area contributed by atoms with Gasteiger partial charge in [0, 0.05) is 66.6 Å². The normalized spacial score (nSPS) is 14.0. The van der Waals surface area contributed by atoms with Gasteiger partial charge in [-0.05, 0) is 56.8 Å². The lowest BCUT2D eigenvalue weighted by molar-refractivity contribution is -0.132. The number of nitrogens with one attached hydrogen (secondary N) is 4. The van der Waals surface area contributed by atoms with Crippen LogP contribution in [0.5, 0.6) is 0 Å². The lowest BCUT2D eigenvalue weighted by Gasteiger charge is -2.27. The molecule has 0 unspecified atom stereocenters. The fraction of sp³-hybridized carbons (Fsp3) is 0.425. The van der Waals surface area contributed by atoms with Crippen molar-refractivity contribution in [1.82, 2.24) is 30.5 Å². The van der Waals surface area contributed by atoms with Crippen LogP contribution in [0, 0.1) is 11.8 Å². The van der Waals surface area contributed by atoms with Gasteiger partial charge in [-0.2, -0.15) is 0 Å². The summed E-state index contributed by atoms with van der Waals surface area (Å²) in [5.41, 5.74) is 20.5. The van der Waals surface area contributed by atoms with Gasteiger partial charge >= 0.3 is 6.03 Å². The van der Waals surface area contributed by atoms with Gasteiger partial charge in [0.2, 0.25) is 11.8 Å². The quantitative estimate of drug-likeness (QED) is 0.0548. The summed E-state index contributed by atoms with van der Waals surface area (Å²) in [5.74, 6) is -3.82. The molecule has 0 aliphatic rings. The summed E-state index contributed by atoms with van der Waals surface area (Å²) < 4.78 is 0. The summed E-state index contributed by atoms with van der Waals surface area (Å²) in [5, 5.41) is 6.36. The first kappa shape index (κ1) is 42.1. The molecular weight excluding hydrogens is 702 g/mol. The van der Waals surface area contributed by atoms with Crippen molar-refractivity contribution in [2.75, 3.05) is 13.1 Å². The molecule has 55 heavy (non-hydrogen) atoms. The Morgan fingerprint density at radius 3 is 2.20 bits per heavy atom. The zero-order valence-electron chi connectivity index (χ0n) is 31.5. The molecule has 0 bridgehead atoms. The smallest absolute Gasteiger partial charge is 0.318 e. The molecule has 15 heteroatoms. The number of hydrogen-bond donors (Lipinski definition) is 7. The van der Waals surface area contributed by atoms with Crippen LogP contribution in [-0.2, 0) is 43.4 Å². The van der Waals surface area contributed by atoms with Gasteiger partial charge in [0.25, 0.3) is 0 Å². The van der Waals surface area contributed by atoms with Gasteiger partial charge in [0.1, 0.15) is 0 Å². The Morgan fingerprint density at radius 1 is 0.818 bits per heavy atom. The average Bonchev–Trinajstić information content (AvgIpc) is 3.84. The molecule has 0 aliphatic heterocycles. The molecule has 4 rings (SSSR count). The second-order valence-electron chi connectivity index (χ2n) is 14.1. The van der Waals surface area contributed by atoms with Crippen LogP contribution in [0.25, 0.3) is 10.9 Å². The number of nitrogens with two attached hydrogens (primary N) is 3. The molecule has 0 saturated heterocycles. The molecule has 2 heterocycles. The number of unbranched alkanes of at least 4 members (excludes halogenated alkanes) is 1. The van der Waals surface area contributed by atoms with Crippen LogP contribution in [-0.4, -0.2) is 86.3 Å². The van der Waals surface area contributed by atoms with Crippen LogP contribution in [0.15, 0.2) is 73.3 Å². The molecule has 0 radical (unpaired) electrons. The maximum Gasteiger partial charge on any atom is 0.318 e. The number of primary amides is 1. The van der Waals surface area contributed by atoms with E-state index in [1.54, 1.807) is 36.7 Å². The van der Waals surface area contributed by atoms with E-state index < -0.39 is 60.1 Å². The van der Waals surface area contributed by atoms with E-state index >= 15 is 0 Å². The standard InChI is InChI=1S/C40H53N9O6/c1-25(35(50)17-28(38(43)53)12-8-9-15-41)48-40(55)49(22-27-10-4-3-5-11-27)23-37(52)26(2)47-39(54)29(16-30-20-45-34-14-7-6-13-32(30)34)18-36(51)33(42)19-31-21-44-24-46-31/h3-7,10-11,13-14,20-21,24-26,28-29,33,45H,8-9,12,15-19,22-23,41-42H2,1-2H3,(H2,43,53)(H,44,46)(H,47,54)(H,48,55)/t25-,26+,28-,29+,33+/m1/s1. The van der Waals surface area contributed by atoms with Crippen molar-refractivity contribution in [3.05, 3.63) is 90.1 Å². The van der Waals surface area contributed by atoms with E-state index in [0.717, 1.165) is 22.0 Å². The Balaban J connectivity index is 1.45. The van der Waals surface area contributed by atoms with Gasteiger partial charge in [-0.3, -0.25) is 24.0 Å². The summed E-state index contributed by atoms with van der Waals surface area (Å²) in [7, 11) is 0. The maximum atomic E-state index is 13.9. The van der Waals surface area contributed by atoms with E-state index in [0.29, 0.717) is 31.5 Å². The number of urea groups is 1. The second kappa shape index (κ2) is 20.7. The molecule has 0 saturated carbocycles. The highest BCUT2D eigenvalue weighted by Crippen LogP contribution is 2.23. The number of para-hydroxylation sites is 1. The minimum atomic E-state index is -1.04. The maximum absolute atomic E-state index is 13.9. The topological polar surface area (TPSA) is 252 Å². The Morgan fingerprint density at radius 2 is 1.51 bits per heavy atom. The molecule has 5 atom stereocenters. The highest BCUT2D eigenvalue weighted by atomic mass is 16.2. The first-order valence-corrected chi connectivity index (χ1v) is 18.6. The number of carbonyl (C=O) groups excluding carboxylic acids is 6. The number of imidazole rings is 1. The first-order valence-electron chi connectivity index (χ1n) is 18.6. The average molecular weight is 756 g/mol. The van der Waals surface area contributed by atoms with Gasteiger partial charge in [-0.25, -0.2) is 9.78 Å². The minimum Gasteiger partial charge on any atom is -0.369 e. The third-order valence-corrected chi connectivity index (χ3v) is 9.74. The lowest BCUT2D eigenvalue weighted by atomic mass is 9.90. The monoisotopic (exact) mass is 755 g/mol. The molecule has 4 amide bonds. The zero-order valence-corrected chi connectivity index (χ0v) is 31.5. The predicted molar refractivity (Wildman–Crippen MR) is 208 cm³/mol. The molecule has 2 aromatic carbocycles. The molecule has 4 aromatic rings. The molecule has 2 aromatic heterocycles. The SMILES string of the molecule is C[C@H](NC(=O)[C@H](CC(=O)[C@@H](N)Cc1cnc[nH]1)Cc1c[nH]c2ccccc12)C(=O)CN(Cc1ccccc1)C(=O)N[C@H](C)C(=O)C[C@@H](CCCCN)C(N)=O. The van der Waals surface area contributed by atoms with Crippen LogP contribution >= 0.6 is 0 Å². The number of aromatic nitrogens is 3. The lowest BCUT2D eigenvalue weighted by Crippen LogP contribution is -2.51. The Hall–Kier alpha value is -5.67. The van der Waals surface area contributed by atoms with Crippen molar-refractivity contribution < 1.29 is 28.8 Å². The Kier molecular flexibility index (Phi) is 15.8. The van der Waals surface area contributed by atoms with E-state index in [4.69, 9.17) is 17.2 Å². The second-order valence-corrected chi connectivity index (χ2v) is 14.1. The van der Waals surface area contributed by atoms with Crippen LogP contribution < -0.4 is 27.8 Å². The third kappa shape index (κ3) is 12.7. The van der Waals surface area contributed by atoms with Crippen molar-refractivity contribution in [1.29, 1.82) is 0 Å². The molecule has 0 fully saturated rings. The predicted octanol–water partition coefficient (Wildman–Crippen LogP) is 2.44. The van der Waals surface area contributed by atoms with Gasteiger partial charge in [-0.1, -0.05) is 55.0 Å². The van der Waals surface area contributed by atoms with E-state index in [1.165, 1.54) is 25.1 Å². The molecule has 10 N–H and O–H groups in total. The van der Waals surface area contributed by atoms with Crippen LogP contribution in [0.2, 0.25) is 0 Å². The largest absolute Gasteiger partial charge is 0.369 e. The third-order valence-electron chi connectivity index (χ3n) is 9.74. The molecule has 0 aliphatic carbocycles. The molecule has 0 spiro atoms. The highest BCUT2D eigenvalue weighted by Gasteiger charge is 2.31. The number of amides is 4. The van der Waals surface area contributed by atoms with E-state index in [1.807, 2.05) is 30.3 Å². The van der Waals surface area contributed by atoms with Gasteiger partial charge in [0.05, 0.1) is 31.0 Å². The summed E-state index contributed by atoms with van der Waals surface area (Å²) in [4.78, 5) is 91.0. The van der Waals surface area contributed by atoms with E-state index in [9.17, 15) is 28.8 Å². The summed E-state index contributed by atoms with van der Waals surface area (Å²) in [6, 6.07) is 13.1. The van der Waals surface area contributed by atoms with Gasteiger partial charge < -0.3 is 42.7 Å². The molecular formula is C40H53N9O6. The van der Waals surface area contributed by atoms with E-state index in [-0.39, 0.29) is 43.8 Å². The van der Waals surface area contributed by atoms with Crippen molar-refractivity contribution in [2.45, 2.75) is 83.5 Å². The van der Waals surface area contributed by atoms with Crippen LogP contribution in [0.1, 0.15) is 62.8 Å².